The lowest BCUT2D eigenvalue weighted by Gasteiger charge is -2.35. The molecule has 3 rings (SSSR count). The molecule has 1 N–H and O–H groups in total. The number of methoxy groups -OCH3 is 1. The first kappa shape index (κ1) is 32.9. The third-order valence-corrected chi connectivity index (χ3v) is 8.92. The van der Waals surface area contributed by atoms with Crippen molar-refractivity contribution >= 4 is 39.1 Å². The summed E-state index contributed by atoms with van der Waals surface area (Å²) >= 11 is 6.40. The van der Waals surface area contributed by atoms with E-state index in [1.807, 2.05) is 53.7 Å². The summed E-state index contributed by atoms with van der Waals surface area (Å²) in [7, 11) is -2.62. The number of rotatable bonds is 11. The third kappa shape index (κ3) is 8.26. The highest BCUT2D eigenvalue weighted by Gasteiger charge is 2.34. The summed E-state index contributed by atoms with van der Waals surface area (Å²) in [6, 6.07) is 17.6. The number of carbonyl (C=O) groups excluding carboxylic acids is 2. The molecule has 1 atom stereocenters. The minimum atomic E-state index is -4.18. The Bertz CT molecular complexity index is 1500. The SMILES string of the molecule is CCC(C(=O)NC(C)(C)C)N(Cc1ccc(OC)cc1)C(=O)CN(c1ccc(C)c(Cl)c1)S(=O)(=O)c1ccc(C)cc1. The normalized spacial score (nSPS) is 12.4. The van der Waals surface area contributed by atoms with Crippen molar-refractivity contribution in [2.24, 2.45) is 0 Å². The fourth-order valence-corrected chi connectivity index (χ4v) is 5.98. The lowest BCUT2D eigenvalue weighted by atomic mass is 10.1. The molecule has 0 spiro atoms. The van der Waals surface area contributed by atoms with Gasteiger partial charge in [0.25, 0.3) is 10.0 Å². The molecule has 42 heavy (non-hydrogen) atoms. The minimum absolute atomic E-state index is 0.0387. The summed E-state index contributed by atoms with van der Waals surface area (Å²) in [6.45, 7) is 10.6. The summed E-state index contributed by atoms with van der Waals surface area (Å²) in [5, 5.41) is 3.34. The van der Waals surface area contributed by atoms with Crippen molar-refractivity contribution in [2.75, 3.05) is 18.0 Å². The van der Waals surface area contributed by atoms with Crippen LogP contribution in [-0.4, -0.2) is 50.4 Å². The van der Waals surface area contributed by atoms with Gasteiger partial charge in [-0.25, -0.2) is 8.42 Å². The maximum absolute atomic E-state index is 14.2. The average Bonchev–Trinajstić information content (AvgIpc) is 2.92. The standard InChI is InChI=1S/C32H40ClN3O5S/c1-8-29(31(38)34-32(4,5)6)35(20-24-12-15-26(41-7)16-13-24)30(37)21-36(25-14-11-23(3)28(33)19-25)42(39,40)27-17-9-22(2)10-18-27/h9-19,29H,8,20-21H2,1-7H3,(H,34,38). The van der Waals surface area contributed by atoms with Crippen LogP contribution >= 0.6 is 11.6 Å². The second kappa shape index (κ2) is 13.6. The molecule has 0 bridgehead atoms. The highest BCUT2D eigenvalue weighted by molar-refractivity contribution is 7.92. The summed E-state index contributed by atoms with van der Waals surface area (Å²) in [6.07, 6.45) is 0.324. The Balaban J connectivity index is 2.09. The van der Waals surface area contributed by atoms with Gasteiger partial charge in [-0.05, 0) is 88.6 Å². The number of nitrogens with zero attached hydrogens (tertiary/aromatic N) is 2. The highest BCUT2D eigenvalue weighted by atomic mass is 35.5. The van der Waals surface area contributed by atoms with Crippen LogP contribution in [0.4, 0.5) is 5.69 Å². The number of ether oxygens (including phenoxy) is 1. The quantitative estimate of drug-likeness (QED) is 0.291. The Morgan fingerprint density at radius 1 is 0.976 bits per heavy atom. The Hall–Kier alpha value is -3.56. The number of halogens is 1. The molecule has 226 valence electrons. The van der Waals surface area contributed by atoms with E-state index >= 15 is 0 Å². The Kier molecular flexibility index (Phi) is 10.7. The van der Waals surface area contributed by atoms with Crippen LogP contribution in [0, 0.1) is 13.8 Å². The lowest BCUT2D eigenvalue weighted by Crippen LogP contribution is -2.55. The number of nitrogens with one attached hydrogen (secondary N) is 1. The molecule has 3 aromatic rings. The van der Waals surface area contributed by atoms with E-state index in [4.69, 9.17) is 16.3 Å². The van der Waals surface area contributed by atoms with E-state index in [0.29, 0.717) is 17.2 Å². The van der Waals surface area contributed by atoms with Gasteiger partial charge in [0.05, 0.1) is 17.7 Å². The molecule has 0 heterocycles. The maximum atomic E-state index is 14.2. The molecule has 2 amide bonds. The smallest absolute Gasteiger partial charge is 0.264 e. The number of sulfonamides is 1. The molecule has 0 aliphatic carbocycles. The van der Waals surface area contributed by atoms with Gasteiger partial charge in [0.15, 0.2) is 0 Å². The zero-order valence-electron chi connectivity index (χ0n) is 25.3. The molecule has 3 aromatic carbocycles. The van der Waals surface area contributed by atoms with Gasteiger partial charge >= 0.3 is 0 Å². The summed E-state index contributed by atoms with van der Waals surface area (Å²) in [5.41, 5.74) is 2.15. The molecule has 0 aromatic heterocycles. The Labute approximate surface area is 254 Å². The molecule has 10 heteroatoms. The summed E-state index contributed by atoms with van der Waals surface area (Å²) in [4.78, 5) is 29.1. The summed E-state index contributed by atoms with van der Waals surface area (Å²) < 4.78 is 34.3. The van der Waals surface area contributed by atoms with Gasteiger partial charge in [0.2, 0.25) is 11.8 Å². The van der Waals surface area contributed by atoms with Gasteiger partial charge in [-0.2, -0.15) is 0 Å². The first-order chi connectivity index (χ1) is 19.7. The van der Waals surface area contributed by atoms with Crippen molar-refractivity contribution in [1.82, 2.24) is 10.2 Å². The molecule has 0 fully saturated rings. The number of benzene rings is 3. The number of carbonyl (C=O) groups is 2. The van der Waals surface area contributed by atoms with E-state index in [1.54, 1.807) is 43.5 Å². The highest BCUT2D eigenvalue weighted by Crippen LogP contribution is 2.29. The van der Waals surface area contributed by atoms with Crippen LogP contribution in [0.5, 0.6) is 5.75 Å². The fraction of sp³-hybridized carbons (Fsp3) is 0.375. The average molecular weight is 614 g/mol. The molecule has 8 nitrogen and oxygen atoms in total. The first-order valence-electron chi connectivity index (χ1n) is 13.8. The van der Waals surface area contributed by atoms with E-state index in [9.17, 15) is 18.0 Å². The van der Waals surface area contributed by atoms with E-state index in [0.717, 1.165) is 21.0 Å². The predicted octanol–water partition coefficient (Wildman–Crippen LogP) is 5.88. The molecule has 0 aliphatic heterocycles. The van der Waals surface area contributed by atoms with E-state index in [1.165, 1.54) is 23.1 Å². The summed E-state index contributed by atoms with van der Waals surface area (Å²) in [5.74, 6) is -0.201. The van der Waals surface area contributed by atoms with Crippen LogP contribution in [0.1, 0.15) is 50.8 Å². The zero-order valence-corrected chi connectivity index (χ0v) is 26.8. The molecule has 0 saturated heterocycles. The van der Waals surface area contributed by atoms with Gasteiger partial charge in [-0.1, -0.05) is 54.4 Å². The minimum Gasteiger partial charge on any atom is -0.497 e. The molecule has 1 unspecified atom stereocenters. The molecule has 0 radical (unpaired) electrons. The van der Waals surface area contributed by atoms with Crippen LogP contribution in [0.25, 0.3) is 0 Å². The second-order valence-corrected chi connectivity index (χ2v) is 13.6. The molecular weight excluding hydrogens is 574 g/mol. The Morgan fingerprint density at radius 2 is 1.60 bits per heavy atom. The maximum Gasteiger partial charge on any atom is 0.264 e. The van der Waals surface area contributed by atoms with Crippen LogP contribution < -0.4 is 14.4 Å². The molecule has 0 aliphatic rings. The van der Waals surface area contributed by atoms with Crippen LogP contribution in [0.2, 0.25) is 5.02 Å². The van der Waals surface area contributed by atoms with Gasteiger partial charge in [-0.3, -0.25) is 13.9 Å². The zero-order chi connectivity index (χ0) is 31.2. The van der Waals surface area contributed by atoms with Crippen molar-refractivity contribution < 1.29 is 22.7 Å². The fourth-order valence-electron chi connectivity index (χ4n) is 4.40. The number of aryl methyl sites for hydroxylation is 2. The van der Waals surface area contributed by atoms with Gasteiger partial charge < -0.3 is 15.0 Å². The van der Waals surface area contributed by atoms with Crippen molar-refractivity contribution in [3.8, 4) is 5.75 Å². The van der Waals surface area contributed by atoms with E-state index in [2.05, 4.69) is 5.32 Å². The number of anilines is 1. The number of hydrogen-bond donors (Lipinski definition) is 1. The topological polar surface area (TPSA) is 96.0 Å². The van der Waals surface area contributed by atoms with Crippen molar-refractivity contribution in [1.29, 1.82) is 0 Å². The number of amides is 2. The van der Waals surface area contributed by atoms with E-state index in [-0.39, 0.29) is 23.0 Å². The van der Waals surface area contributed by atoms with Crippen molar-refractivity contribution in [3.05, 3.63) is 88.4 Å². The van der Waals surface area contributed by atoms with Crippen molar-refractivity contribution in [2.45, 2.75) is 71.0 Å². The third-order valence-electron chi connectivity index (χ3n) is 6.73. The van der Waals surface area contributed by atoms with Crippen LogP contribution in [0.15, 0.2) is 71.6 Å². The molecular formula is C32H40ClN3O5S. The molecule has 0 saturated carbocycles. The predicted molar refractivity (Wildman–Crippen MR) is 167 cm³/mol. The van der Waals surface area contributed by atoms with Gasteiger partial charge in [-0.15, -0.1) is 0 Å². The van der Waals surface area contributed by atoms with E-state index < -0.39 is 34.1 Å². The Morgan fingerprint density at radius 3 is 2.12 bits per heavy atom. The van der Waals surface area contributed by atoms with Crippen LogP contribution in [-0.2, 0) is 26.2 Å². The number of hydrogen-bond acceptors (Lipinski definition) is 5. The monoisotopic (exact) mass is 613 g/mol. The van der Waals surface area contributed by atoms with Gasteiger partial charge in [0, 0.05) is 17.1 Å². The lowest BCUT2D eigenvalue weighted by molar-refractivity contribution is -0.141. The first-order valence-corrected chi connectivity index (χ1v) is 15.6. The van der Waals surface area contributed by atoms with Crippen molar-refractivity contribution in [3.63, 3.8) is 0 Å². The largest absolute Gasteiger partial charge is 0.497 e. The van der Waals surface area contributed by atoms with Gasteiger partial charge in [0.1, 0.15) is 18.3 Å². The second-order valence-electron chi connectivity index (χ2n) is 11.3. The van der Waals surface area contributed by atoms with Crippen LogP contribution in [0.3, 0.4) is 0 Å².